The van der Waals surface area contributed by atoms with Crippen molar-refractivity contribution in [2.45, 2.75) is 0 Å². The van der Waals surface area contributed by atoms with E-state index in [2.05, 4.69) is 10.6 Å². The molecule has 2 aromatic rings. The number of benzene rings is 2. The zero-order valence-electron chi connectivity index (χ0n) is 13.7. The Morgan fingerprint density at radius 3 is 1.65 bits per heavy atom. The maximum atomic E-state index is 12.6. The first-order valence-corrected chi connectivity index (χ1v) is 8.39. The predicted molar refractivity (Wildman–Crippen MR) is 102 cm³/mol. The molecule has 0 fully saturated rings. The number of carbonyl (C=O) groups excluding carboxylic acids is 2. The van der Waals surface area contributed by atoms with Gasteiger partial charge in [0.2, 0.25) is 11.6 Å². The minimum atomic E-state index is -0.564. The quantitative estimate of drug-likeness (QED) is 0.748. The summed E-state index contributed by atoms with van der Waals surface area (Å²) >= 11 is 12.3. The second-order valence-corrected chi connectivity index (χ2v) is 6.14. The summed E-state index contributed by atoms with van der Waals surface area (Å²) in [7, 11) is 1.55. The lowest BCUT2D eigenvalue weighted by atomic mass is 10.0. The lowest BCUT2D eigenvalue weighted by Gasteiger charge is -2.20. The van der Waals surface area contributed by atoms with Crippen molar-refractivity contribution in [2.75, 3.05) is 17.7 Å². The monoisotopic (exact) mass is 388 g/mol. The van der Waals surface area contributed by atoms with Gasteiger partial charge in [-0.3, -0.25) is 9.59 Å². The fraction of sp³-hybridized carbons (Fsp3) is 0.0526. The molecule has 3 rings (SSSR count). The Balaban J connectivity index is 1.87. The topological polar surface area (TPSA) is 67.4 Å². The van der Waals surface area contributed by atoms with Crippen LogP contribution in [0.2, 0.25) is 0 Å². The van der Waals surface area contributed by atoms with Gasteiger partial charge in [-0.2, -0.15) is 0 Å². The first-order valence-electron chi connectivity index (χ1n) is 7.63. The fourth-order valence-corrected chi connectivity index (χ4v) is 2.81. The fourth-order valence-electron chi connectivity index (χ4n) is 2.35. The van der Waals surface area contributed by atoms with Crippen LogP contribution >= 0.6 is 23.2 Å². The van der Waals surface area contributed by atoms with Crippen molar-refractivity contribution >= 4 is 46.1 Å². The van der Waals surface area contributed by atoms with Gasteiger partial charge in [0.25, 0.3) is 0 Å². The van der Waals surface area contributed by atoms with Gasteiger partial charge in [-0.15, -0.1) is 0 Å². The van der Waals surface area contributed by atoms with Crippen molar-refractivity contribution in [3.8, 4) is 5.75 Å². The molecule has 0 spiro atoms. The normalized spacial score (nSPS) is 14.6. The van der Waals surface area contributed by atoms with Gasteiger partial charge in [-0.25, -0.2) is 0 Å². The van der Waals surface area contributed by atoms with Crippen molar-refractivity contribution in [3.63, 3.8) is 0 Å². The third-order valence-corrected chi connectivity index (χ3v) is 4.42. The Morgan fingerprint density at radius 1 is 0.731 bits per heavy atom. The highest BCUT2D eigenvalue weighted by Crippen LogP contribution is 2.31. The van der Waals surface area contributed by atoms with Gasteiger partial charge >= 0.3 is 0 Å². The van der Waals surface area contributed by atoms with Crippen molar-refractivity contribution in [3.05, 3.63) is 76.1 Å². The van der Waals surface area contributed by atoms with E-state index in [0.717, 1.165) is 0 Å². The van der Waals surface area contributed by atoms with Crippen LogP contribution in [-0.4, -0.2) is 18.7 Å². The van der Waals surface area contributed by atoms with Gasteiger partial charge in [0, 0.05) is 11.4 Å². The van der Waals surface area contributed by atoms with Crippen LogP contribution in [0.5, 0.6) is 5.75 Å². The number of Topliss-reactive ketones (excluding diaryl/α,β-unsaturated/α-hetero) is 2. The van der Waals surface area contributed by atoms with Crippen LogP contribution in [0.15, 0.2) is 76.1 Å². The summed E-state index contributed by atoms with van der Waals surface area (Å²) in [6.07, 6.45) is 0. The molecule has 0 bridgehead atoms. The molecule has 0 aromatic heterocycles. The van der Waals surface area contributed by atoms with E-state index in [-0.39, 0.29) is 21.5 Å². The van der Waals surface area contributed by atoms with Crippen LogP contribution in [-0.2, 0) is 9.59 Å². The number of halogens is 2. The molecule has 26 heavy (non-hydrogen) atoms. The zero-order chi connectivity index (χ0) is 18.7. The van der Waals surface area contributed by atoms with E-state index in [9.17, 15) is 9.59 Å². The van der Waals surface area contributed by atoms with Gasteiger partial charge in [0.1, 0.15) is 27.2 Å². The maximum absolute atomic E-state index is 12.6. The zero-order valence-corrected chi connectivity index (χ0v) is 15.2. The van der Waals surface area contributed by atoms with Crippen LogP contribution in [0.1, 0.15) is 0 Å². The van der Waals surface area contributed by atoms with Crippen LogP contribution in [0.3, 0.4) is 0 Å². The molecular formula is C19H14Cl2N2O3. The second kappa shape index (κ2) is 7.64. The summed E-state index contributed by atoms with van der Waals surface area (Å²) in [5.41, 5.74) is 1.08. The Bertz CT molecular complexity index is 920. The molecule has 0 atom stereocenters. The number of allylic oxidation sites excluding steroid dienone is 2. The summed E-state index contributed by atoms with van der Waals surface area (Å²) in [5, 5.41) is 5.26. The van der Waals surface area contributed by atoms with Crippen molar-refractivity contribution in [1.29, 1.82) is 0 Å². The van der Waals surface area contributed by atoms with Gasteiger partial charge in [0.15, 0.2) is 0 Å². The standard InChI is InChI=1S/C19H14Cl2N2O3/c1-26-13-9-7-12(8-10-13)23-17-15(21)18(24)16(14(20)19(17)25)22-11-5-3-2-4-6-11/h2-10,22-23H,1H3. The number of hydrogen-bond donors (Lipinski definition) is 2. The molecule has 1 aliphatic rings. The number of methoxy groups -OCH3 is 1. The van der Waals surface area contributed by atoms with Gasteiger partial charge in [-0.1, -0.05) is 41.4 Å². The van der Waals surface area contributed by atoms with E-state index in [1.54, 1.807) is 55.6 Å². The molecule has 7 heteroatoms. The summed E-state index contributed by atoms with van der Waals surface area (Å²) in [6, 6.07) is 15.7. The molecule has 1 aliphatic carbocycles. The Morgan fingerprint density at radius 2 is 1.19 bits per heavy atom. The average Bonchev–Trinajstić information content (AvgIpc) is 2.68. The predicted octanol–water partition coefficient (Wildman–Crippen LogP) is 4.27. The Hall–Kier alpha value is -2.76. The van der Waals surface area contributed by atoms with Gasteiger partial charge in [-0.05, 0) is 36.4 Å². The number of para-hydroxylation sites is 1. The van der Waals surface area contributed by atoms with E-state index in [1.165, 1.54) is 0 Å². The molecule has 0 saturated heterocycles. The highest BCUT2D eigenvalue weighted by Gasteiger charge is 2.33. The Kier molecular flexibility index (Phi) is 5.30. The van der Waals surface area contributed by atoms with E-state index >= 15 is 0 Å². The number of ketones is 2. The Labute approximate surface area is 160 Å². The average molecular weight is 389 g/mol. The highest BCUT2D eigenvalue weighted by atomic mass is 35.5. The third-order valence-electron chi connectivity index (χ3n) is 3.69. The van der Waals surface area contributed by atoms with E-state index in [1.807, 2.05) is 6.07 Å². The summed E-state index contributed by atoms with van der Waals surface area (Å²) < 4.78 is 5.08. The number of rotatable bonds is 5. The largest absolute Gasteiger partial charge is 0.497 e. The molecule has 0 unspecified atom stereocenters. The minimum Gasteiger partial charge on any atom is -0.497 e. The number of anilines is 2. The summed E-state index contributed by atoms with van der Waals surface area (Å²) in [6.45, 7) is 0. The molecule has 0 amide bonds. The second-order valence-electron chi connectivity index (χ2n) is 5.38. The number of hydrogen-bond acceptors (Lipinski definition) is 5. The summed E-state index contributed by atoms with van der Waals surface area (Å²) in [4.78, 5) is 25.2. The minimum absolute atomic E-state index is 0.0480. The van der Waals surface area contributed by atoms with E-state index in [4.69, 9.17) is 27.9 Å². The molecule has 132 valence electrons. The van der Waals surface area contributed by atoms with Crippen LogP contribution in [0.25, 0.3) is 0 Å². The lowest BCUT2D eigenvalue weighted by Crippen LogP contribution is -2.27. The first-order chi connectivity index (χ1) is 12.5. The first kappa shape index (κ1) is 18.0. The third kappa shape index (κ3) is 3.59. The van der Waals surface area contributed by atoms with Crippen molar-refractivity contribution in [1.82, 2.24) is 0 Å². The number of carbonyl (C=O) groups is 2. The molecule has 0 heterocycles. The maximum Gasteiger partial charge on any atom is 0.224 e. The molecule has 0 radical (unpaired) electrons. The van der Waals surface area contributed by atoms with Gasteiger partial charge in [0.05, 0.1) is 7.11 Å². The summed E-state index contributed by atoms with van der Waals surface area (Å²) in [5.74, 6) is -0.462. The smallest absolute Gasteiger partial charge is 0.224 e. The van der Waals surface area contributed by atoms with Crippen molar-refractivity contribution in [2.24, 2.45) is 0 Å². The van der Waals surface area contributed by atoms with Gasteiger partial charge < -0.3 is 15.4 Å². The molecule has 0 saturated carbocycles. The molecular weight excluding hydrogens is 375 g/mol. The van der Waals surface area contributed by atoms with E-state index < -0.39 is 11.6 Å². The van der Waals surface area contributed by atoms with Crippen LogP contribution in [0, 0.1) is 0 Å². The van der Waals surface area contributed by atoms with Crippen molar-refractivity contribution < 1.29 is 14.3 Å². The molecule has 0 aliphatic heterocycles. The number of nitrogens with one attached hydrogen (secondary N) is 2. The molecule has 2 N–H and O–H groups in total. The van der Waals surface area contributed by atoms with Crippen LogP contribution < -0.4 is 15.4 Å². The SMILES string of the molecule is COc1ccc(NC2=C(Cl)C(=O)C(Nc3ccccc3)=C(Cl)C2=O)cc1. The van der Waals surface area contributed by atoms with E-state index in [0.29, 0.717) is 17.1 Å². The molecule has 5 nitrogen and oxygen atoms in total. The van der Waals surface area contributed by atoms with Crippen LogP contribution in [0.4, 0.5) is 11.4 Å². The lowest BCUT2D eigenvalue weighted by molar-refractivity contribution is -0.115. The number of ether oxygens (including phenoxy) is 1. The highest BCUT2D eigenvalue weighted by molar-refractivity contribution is 6.56. The molecule has 2 aromatic carbocycles.